The first-order chi connectivity index (χ1) is 12.3. The molecule has 0 spiro atoms. The van der Waals surface area contributed by atoms with E-state index in [4.69, 9.17) is 4.42 Å². The van der Waals surface area contributed by atoms with Crippen LogP contribution in [0, 0.1) is 6.92 Å². The quantitative estimate of drug-likeness (QED) is 0.395. The summed E-state index contributed by atoms with van der Waals surface area (Å²) < 4.78 is 7.59. The molecule has 0 bridgehead atoms. The fourth-order valence-corrected chi connectivity index (χ4v) is 2.90. The third-order valence-corrected chi connectivity index (χ3v) is 4.16. The molecule has 0 saturated carbocycles. The number of nitrogens with zero attached hydrogens (tertiary/aromatic N) is 3. The van der Waals surface area contributed by atoms with Crippen LogP contribution in [0.2, 0.25) is 0 Å². The molecular weight excluding hydrogens is 314 g/mol. The van der Waals surface area contributed by atoms with Gasteiger partial charge in [0.25, 0.3) is 0 Å². The number of aromatic nitrogens is 2. The van der Waals surface area contributed by atoms with Gasteiger partial charge in [0.2, 0.25) is 0 Å². The average Bonchev–Trinajstić information content (AvgIpc) is 3.24. The molecule has 0 aliphatic carbocycles. The molecule has 0 atom stereocenters. The summed E-state index contributed by atoms with van der Waals surface area (Å²) in [7, 11) is 1.79. The molecular formula is C19H25N5O. The van der Waals surface area contributed by atoms with Crippen molar-refractivity contribution in [1.29, 1.82) is 0 Å². The number of nitrogens with one attached hydrogen (secondary N) is 2. The SMILES string of the molecule is CN=C(NCCCn1c(C)nc2ccccc21)NCCc1ccco1. The van der Waals surface area contributed by atoms with Crippen molar-refractivity contribution in [2.75, 3.05) is 20.1 Å². The van der Waals surface area contributed by atoms with E-state index in [1.165, 1.54) is 5.52 Å². The van der Waals surface area contributed by atoms with Gasteiger partial charge in [-0.15, -0.1) is 0 Å². The summed E-state index contributed by atoms with van der Waals surface area (Å²) in [5, 5.41) is 6.66. The number of rotatable bonds is 7. The second-order valence-corrected chi connectivity index (χ2v) is 5.91. The minimum atomic E-state index is 0.790. The Morgan fingerprint density at radius 1 is 1.16 bits per heavy atom. The number of benzene rings is 1. The van der Waals surface area contributed by atoms with Gasteiger partial charge in [-0.1, -0.05) is 12.1 Å². The molecule has 6 nitrogen and oxygen atoms in total. The Balaban J connectivity index is 1.43. The fourth-order valence-electron chi connectivity index (χ4n) is 2.90. The van der Waals surface area contributed by atoms with Crippen LogP contribution in [0.4, 0.5) is 0 Å². The highest BCUT2D eigenvalue weighted by molar-refractivity contribution is 5.79. The molecule has 0 aliphatic heterocycles. The number of hydrogen-bond donors (Lipinski definition) is 2. The summed E-state index contributed by atoms with van der Waals surface area (Å²) in [6, 6.07) is 12.2. The number of aryl methyl sites for hydroxylation is 2. The predicted octanol–water partition coefficient (Wildman–Crippen LogP) is 2.74. The van der Waals surface area contributed by atoms with Crippen LogP contribution in [-0.4, -0.2) is 35.6 Å². The van der Waals surface area contributed by atoms with E-state index in [1.807, 2.05) is 18.2 Å². The van der Waals surface area contributed by atoms with Gasteiger partial charge in [-0.05, 0) is 37.6 Å². The van der Waals surface area contributed by atoms with Gasteiger partial charge in [-0.2, -0.15) is 0 Å². The van der Waals surface area contributed by atoms with E-state index in [1.54, 1.807) is 13.3 Å². The van der Waals surface area contributed by atoms with Gasteiger partial charge >= 0.3 is 0 Å². The molecule has 2 N–H and O–H groups in total. The summed E-state index contributed by atoms with van der Waals surface area (Å²) in [6.45, 7) is 4.64. The Labute approximate surface area is 148 Å². The van der Waals surface area contributed by atoms with E-state index in [-0.39, 0.29) is 0 Å². The van der Waals surface area contributed by atoms with Crippen LogP contribution in [-0.2, 0) is 13.0 Å². The Morgan fingerprint density at radius 3 is 2.80 bits per heavy atom. The molecule has 0 fully saturated rings. The molecule has 132 valence electrons. The zero-order chi connectivity index (χ0) is 17.5. The number of furan rings is 1. The normalized spacial score (nSPS) is 11.8. The van der Waals surface area contributed by atoms with E-state index in [0.717, 1.165) is 55.5 Å². The van der Waals surface area contributed by atoms with Crippen LogP contribution in [0.1, 0.15) is 18.0 Å². The van der Waals surface area contributed by atoms with Crippen molar-refractivity contribution in [3.8, 4) is 0 Å². The highest BCUT2D eigenvalue weighted by atomic mass is 16.3. The van der Waals surface area contributed by atoms with Crippen molar-refractivity contribution in [3.05, 3.63) is 54.2 Å². The van der Waals surface area contributed by atoms with Crippen LogP contribution < -0.4 is 10.6 Å². The van der Waals surface area contributed by atoms with Gasteiger partial charge < -0.3 is 19.6 Å². The molecule has 6 heteroatoms. The summed E-state index contributed by atoms with van der Waals surface area (Å²) in [4.78, 5) is 8.86. The standard InChI is InChI=1S/C19H25N5O/c1-15-23-17-8-3-4-9-18(17)24(15)13-6-11-21-19(20-2)22-12-10-16-7-5-14-25-16/h3-5,7-9,14H,6,10-13H2,1-2H3,(H2,20,21,22). The first-order valence-corrected chi connectivity index (χ1v) is 8.66. The molecule has 0 unspecified atom stereocenters. The summed E-state index contributed by atoms with van der Waals surface area (Å²) in [5.41, 5.74) is 2.25. The lowest BCUT2D eigenvalue weighted by Crippen LogP contribution is -2.38. The number of para-hydroxylation sites is 2. The summed E-state index contributed by atoms with van der Waals surface area (Å²) >= 11 is 0. The number of aliphatic imine (C=N–C) groups is 1. The van der Waals surface area contributed by atoms with Crippen molar-refractivity contribution in [2.45, 2.75) is 26.3 Å². The number of hydrogen-bond acceptors (Lipinski definition) is 3. The van der Waals surface area contributed by atoms with Crippen molar-refractivity contribution >= 4 is 17.0 Å². The van der Waals surface area contributed by atoms with E-state index >= 15 is 0 Å². The second kappa shape index (κ2) is 8.37. The van der Waals surface area contributed by atoms with Gasteiger partial charge in [0.15, 0.2) is 5.96 Å². The van der Waals surface area contributed by atoms with Crippen LogP contribution in [0.3, 0.4) is 0 Å². The smallest absolute Gasteiger partial charge is 0.190 e. The molecule has 2 heterocycles. The van der Waals surface area contributed by atoms with Gasteiger partial charge in [-0.3, -0.25) is 4.99 Å². The van der Waals surface area contributed by atoms with E-state index in [2.05, 4.69) is 50.3 Å². The Kier molecular flexibility index (Phi) is 5.72. The Bertz CT molecular complexity index is 820. The highest BCUT2D eigenvalue weighted by Gasteiger charge is 2.06. The van der Waals surface area contributed by atoms with Gasteiger partial charge in [0.1, 0.15) is 11.6 Å². The monoisotopic (exact) mass is 339 g/mol. The average molecular weight is 339 g/mol. The van der Waals surface area contributed by atoms with Crippen molar-refractivity contribution in [1.82, 2.24) is 20.2 Å². The van der Waals surface area contributed by atoms with Crippen molar-refractivity contribution in [2.24, 2.45) is 4.99 Å². The first kappa shape index (κ1) is 17.1. The Morgan fingerprint density at radius 2 is 2.00 bits per heavy atom. The highest BCUT2D eigenvalue weighted by Crippen LogP contribution is 2.15. The maximum absolute atomic E-state index is 5.33. The number of guanidine groups is 1. The molecule has 0 radical (unpaired) electrons. The molecule has 0 aliphatic rings. The van der Waals surface area contributed by atoms with Crippen LogP contribution in [0.5, 0.6) is 0 Å². The first-order valence-electron chi connectivity index (χ1n) is 8.66. The zero-order valence-corrected chi connectivity index (χ0v) is 14.8. The third-order valence-electron chi connectivity index (χ3n) is 4.16. The maximum atomic E-state index is 5.33. The van der Waals surface area contributed by atoms with Crippen LogP contribution in [0.15, 0.2) is 52.1 Å². The van der Waals surface area contributed by atoms with E-state index in [0.29, 0.717) is 0 Å². The third kappa shape index (κ3) is 4.41. The molecule has 1 aromatic carbocycles. The number of imidazole rings is 1. The minimum Gasteiger partial charge on any atom is -0.469 e. The van der Waals surface area contributed by atoms with Gasteiger partial charge in [0, 0.05) is 33.1 Å². The fraction of sp³-hybridized carbons (Fsp3) is 0.368. The zero-order valence-electron chi connectivity index (χ0n) is 14.8. The van der Waals surface area contributed by atoms with E-state index < -0.39 is 0 Å². The second-order valence-electron chi connectivity index (χ2n) is 5.91. The van der Waals surface area contributed by atoms with Crippen LogP contribution >= 0.6 is 0 Å². The predicted molar refractivity (Wildman–Crippen MR) is 101 cm³/mol. The minimum absolute atomic E-state index is 0.790. The Hall–Kier alpha value is -2.76. The molecule has 0 saturated heterocycles. The maximum Gasteiger partial charge on any atom is 0.190 e. The summed E-state index contributed by atoms with van der Waals surface area (Å²) in [6.07, 6.45) is 3.54. The van der Waals surface area contributed by atoms with Crippen LogP contribution in [0.25, 0.3) is 11.0 Å². The lowest BCUT2D eigenvalue weighted by molar-refractivity contribution is 0.506. The van der Waals surface area contributed by atoms with Gasteiger partial charge in [-0.25, -0.2) is 4.98 Å². The van der Waals surface area contributed by atoms with E-state index in [9.17, 15) is 0 Å². The van der Waals surface area contributed by atoms with Crippen molar-refractivity contribution in [3.63, 3.8) is 0 Å². The molecule has 0 amide bonds. The largest absolute Gasteiger partial charge is 0.469 e. The molecule has 2 aromatic heterocycles. The van der Waals surface area contributed by atoms with Crippen molar-refractivity contribution < 1.29 is 4.42 Å². The summed E-state index contributed by atoms with van der Waals surface area (Å²) in [5.74, 6) is 2.85. The van der Waals surface area contributed by atoms with Gasteiger partial charge in [0.05, 0.1) is 17.3 Å². The molecule has 3 rings (SSSR count). The number of fused-ring (bicyclic) bond motifs is 1. The topological polar surface area (TPSA) is 67.4 Å². The molecule has 3 aromatic rings. The molecule has 25 heavy (non-hydrogen) atoms. The lowest BCUT2D eigenvalue weighted by atomic mass is 10.3. The lowest BCUT2D eigenvalue weighted by Gasteiger charge is -2.12.